The van der Waals surface area contributed by atoms with Crippen LogP contribution in [0.1, 0.15) is 33.4 Å². The van der Waals surface area contributed by atoms with Crippen molar-refractivity contribution in [2.75, 3.05) is 0 Å². The van der Waals surface area contributed by atoms with Crippen LogP contribution < -0.4 is 5.32 Å². The van der Waals surface area contributed by atoms with E-state index >= 15 is 0 Å². The number of carbonyl (C=O) groups excluding carboxylic acids is 1. The number of nitrogens with zero attached hydrogens (tertiary/aromatic N) is 5. The van der Waals surface area contributed by atoms with E-state index < -0.39 is 23.4 Å². The van der Waals surface area contributed by atoms with Crippen molar-refractivity contribution in [1.29, 1.82) is 0 Å². The fourth-order valence-electron chi connectivity index (χ4n) is 3.30. The molecule has 0 fully saturated rings. The molecule has 0 spiro atoms. The molecule has 0 bridgehead atoms. The van der Waals surface area contributed by atoms with Gasteiger partial charge in [-0.3, -0.25) is 4.79 Å². The number of thiazole rings is 1. The molecule has 0 aliphatic rings. The molecule has 35 heavy (non-hydrogen) atoms. The van der Waals surface area contributed by atoms with Crippen LogP contribution >= 0.6 is 11.3 Å². The third kappa shape index (κ3) is 5.04. The Morgan fingerprint density at radius 2 is 2.03 bits per heavy atom. The summed E-state index contributed by atoms with van der Waals surface area (Å²) in [7, 11) is 0. The summed E-state index contributed by atoms with van der Waals surface area (Å²) in [6.45, 7) is 8.74. The molecule has 0 unspecified atom stereocenters. The molecule has 1 N–H and O–H groups in total. The number of hydrogen-bond donors (Lipinski definition) is 1. The van der Waals surface area contributed by atoms with Gasteiger partial charge in [0.1, 0.15) is 16.9 Å². The molecule has 3 heterocycles. The summed E-state index contributed by atoms with van der Waals surface area (Å²) in [4.78, 5) is 23.4. The second-order valence-corrected chi connectivity index (χ2v) is 8.15. The minimum absolute atomic E-state index is 0.0321. The first-order valence-electron chi connectivity index (χ1n) is 10.2. The Morgan fingerprint density at radius 1 is 1.23 bits per heavy atom. The van der Waals surface area contributed by atoms with E-state index in [0.29, 0.717) is 22.7 Å². The Morgan fingerprint density at radius 3 is 2.71 bits per heavy atom. The van der Waals surface area contributed by atoms with E-state index in [4.69, 9.17) is 6.57 Å². The highest BCUT2D eigenvalue weighted by Crippen LogP contribution is 2.37. The average molecular weight is 500 g/mol. The lowest BCUT2D eigenvalue weighted by atomic mass is 10.1. The fourth-order valence-corrected chi connectivity index (χ4v) is 4.10. The van der Waals surface area contributed by atoms with Crippen LogP contribution in [0.5, 0.6) is 0 Å². The molecule has 0 radical (unpaired) electrons. The molecule has 0 atom stereocenters. The van der Waals surface area contributed by atoms with Crippen molar-refractivity contribution in [3.63, 3.8) is 0 Å². The van der Waals surface area contributed by atoms with Crippen molar-refractivity contribution in [2.45, 2.75) is 26.1 Å². The normalized spacial score (nSPS) is 11.3. The average Bonchev–Trinajstić information content (AvgIpc) is 3.52. The summed E-state index contributed by atoms with van der Waals surface area (Å²) in [5.41, 5.74) is 1.94. The van der Waals surface area contributed by atoms with Gasteiger partial charge in [0.2, 0.25) is 0 Å². The number of carbonyl (C=O) groups is 1. The SMILES string of the molecule is [C-]#[N+]c1ncc(-c2ccn(-c3ccc(CNC(=O)c4scnc4CC)c(F)c3)n2)cc1C(F)(F)F. The molecule has 12 heteroatoms. The standard InChI is InChI=1S/C23H16F4N6OS/c1-3-18-20(35-12-31-18)22(34)30-10-13-4-5-15(9-17(13)24)33-7-6-19(32-33)14-8-16(23(25,26)27)21(28-2)29-11-14/h4-9,11-12H,3,10H2,1H3,(H,30,34). The summed E-state index contributed by atoms with van der Waals surface area (Å²) in [6.07, 6.45) is -1.53. The third-order valence-electron chi connectivity index (χ3n) is 5.09. The Bertz CT molecular complexity index is 1440. The predicted molar refractivity (Wildman–Crippen MR) is 121 cm³/mol. The highest BCUT2D eigenvalue weighted by atomic mass is 32.1. The zero-order valence-corrected chi connectivity index (χ0v) is 18.9. The second kappa shape index (κ2) is 9.63. The van der Waals surface area contributed by atoms with Crippen molar-refractivity contribution in [1.82, 2.24) is 25.1 Å². The molecule has 3 aromatic heterocycles. The summed E-state index contributed by atoms with van der Waals surface area (Å²) in [6, 6.07) is 6.55. The van der Waals surface area contributed by atoms with Gasteiger partial charge in [-0.25, -0.2) is 14.1 Å². The van der Waals surface area contributed by atoms with Gasteiger partial charge in [-0.2, -0.15) is 18.3 Å². The number of aromatic nitrogens is 4. The predicted octanol–water partition coefficient (Wildman–Crippen LogP) is 5.59. The topological polar surface area (TPSA) is 77.1 Å². The number of aryl methyl sites for hydroxylation is 1. The molecule has 4 aromatic rings. The highest BCUT2D eigenvalue weighted by molar-refractivity contribution is 7.11. The Hall–Kier alpha value is -4.11. The number of alkyl halides is 3. The fraction of sp³-hybridized carbons (Fsp3) is 0.174. The monoisotopic (exact) mass is 500 g/mol. The maximum absolute atomic E-state index is 14.7. The first-order valence-corrected chi connectivity index (χ1v) is 11.1. The van der Waals surface area contributed by atoms with E-state index in [2.05, 4.69) is 25.2 Å². The van der Waals surface area contributed by atoms with Crippen molar-refractivity contribution >= 4 is 23.1 Å². The Balaban J connectivity index is 1.52. The van der Waals surface area contributed by atoms with Gasteiger partial charge in [0.25, 0.3) is 11.7 Å². The Kier molecular flexibility index (Phi) is 6.61. The van der Waals surface area contributed by atoms with E-state index in [1.54, 1.807) is 11.6 Å². The molecular weight excluding hydrogens is 484 g/mol. The Labute approximate surface area is 200 Å². The maximum atomic E-state index is 14.7. The van der Waals surface area contributed by atoms with E-state index in [9.17, 15) is 22.4 Å². The van der Waals surface area contributed by atoms with Gasteiger partial charge >= 0.3 is 6.18 Å². The van der Waals surface area contributed by atoms with Crippen LogP contribution in [0.15, 0.2) is 48.2 Å². The van der Waals surface area contributed by atoms with Crippen LogP contribution in [-0.2, 0) is 19.1 Å². The second-order valence-electron chi connectivity index (χ2n) is 7.29. The first kappa shape index (κ1) is 24.0. The lowest BCUT2D eigenvalue weighted by Gasteiger charge is -2.09. The van der Waals surface area contributed by atoms with Crippen LogP contribution in [0.25, 0.3) is 21.8 Å². The zero-order chi connectivity index (χ0) is 25.2. The zero-order valence-electron chi connectivity index (χ0n) is 18.1. The molecule has 0 saturated carbocycles. The number of nitrogens with one attached hydrogen (secondary N) is 1. The largest absolute Gasteiger partial charge is 0.409 e. The van der Waals surface area contributed by atoms with E-state index in [1.807, 2.05) is 6.92 Å². The number of hydrogen-bond acceptors (Lipinski definition) is 5. The van der Waals surface area contributed by atoms with Crippen LogP contribution in [0.4, 0.5) is 23.4 Å². The third-order valence-corrected chi connectivity index (χ3v) is 5.95. The number of rotatable bonds is 6. The van der Waals surface area contributed by atoms with Crippen molar-refractivity contribution < 1.29 is 22.4 Å². The van der Waals surface area contributed by atoms with Gasteiger partial charge in [0.05, 0.1) is 28.1 Å². The van der Waals surface area contributed by atoms with Gasteiger partial charge in [-0.05, 0) is 30.7 Å². The van der Waals surface area contributed by atoms with Crippen LogP contribution in [0, 0.1) is 12.4 Å². The molecule has 1 aromatic carbocycles. The molecule has 0 aliphatic carbocycles. The number of benzene rings is 1. The van der Waals surface area contributed by atoms with Crippen molar-refractivity contribution in [3.05, 3.63) is 87.2 Å². The summed E-state index contributed by atoms with van der Waals surface area (Å²) < 4.78 is 55.7. The molecule has 178 valence electrons. The molecule has 0 aliphatic heterocycles. The van der Waals surface area contributed by atoms with E-state index in [-0.39, 0.29) is 29.3 Å². The minimum atomic E-state index is -4.74. The number of pyridine rings is 1. The van der Waals surface area contributed by atoms with Crippen LogP contribution in [-0.4, -0.2) is 25.7 Å². The highest BCUT2D eigenvalue weighted by Gasteiger charge is 2.35. The van der Waals surface area contributed by atoms with Crippen LogP contribution in [0.2, 0.25) is 0 Å². The smallest absolute Gasteiger partial charge is 0.360 e. The number of halogens is 4. The maximum Gasteiger partial charge on any atom is 0.409 e. The molecular formula is C23H16F4N6OS. The summed E-state index contributed by atoms with van der Waals surface area (Å²) in [5, 5.41) is 6.89. The molecule has 4 rings (SSSR count). The van der Waals surface area contributed by atoms with Gasteiger partial charge in [0, 0.05) is 23.9 Å². The van der Waals surface area contributed by atoms with Gasteiger partial charge in [-0.1, -0.05) is 19.6 Å². The van der Waals surface area contributed by atoms with Crippen molar-refractivity contribution in [3.8, 4) is 16.9 Å². The van der Waals surface area contributed by atoms with E-state index in [0.717, 1.165) is 12.3 Å². The van der Waals surface area contributed by atoms with Gasteiger partial charge in [0.15, 0.2) is 0 Å². The van der Waals surface area contributed by atoms with Crippen LogP contribution in [0.3, 0.4) is 0 Å². The minimum Gasteiger partial charge on any atom is -0.360 e. The molecule has 1 amide bonds. The quantitative estimate of drug-likeness (QED) is 0.277. The summed E-state index contributed by atoms with van der Waals surface area (Å²) >= 11 is 1.22. The van der Waals surface area contributed by atoms with Gasteiger partial charge in [-0.15, -0.1) is 16.3 Å². The summed E-state index contributed by atoms with van der Waals surface area (Å²) in [5.74, 6) is -1.66. The first-order chi connectivity index (χ1) is 16.7. The lowest BCUT2D eigenvalue weighted by Crippen LogP contribution is -2.23. The molecule has 0 saturated heterocycles. The van der Waals surface area contributed by atoms with E-state index in [1.165, 1.54) is 40.4 Å². The van der Waals surface area contributed by atoms with Gasteiger partial charge < -0.3 is 10.2 Å². The lowest BCUT2D eigenvalue weighted by molar-refractivity contribution is -0.137. The molecule has 7 nitrogen and oxygen atoms in total. The van der Waals surface area contributed by atoms with Crippen molar-refractivity contribution in [2.24, 2.45) is 0 Å². The number of amides is 1.